The van der Waals surface area contributed by atoms with E-state index in [4.69, 9.17) is 0 Å². The molecule has 2 atom stereocenters. The molecule has 150 valence electrons. The van der Waals surface area contributed by atoms with Gasteiger partial charge in [0.1, 0.15) is 11.6 Å². The number of nitrogens with zero attached hydrogens (tertiary/aromatic N) is 1. The van der Waals surface area contributed by atoms with Gasteiger partial charge in [-0.1, -0.05) is 12.1 Å². The third-order valence-corrected chi connectivity index (χ3v) is 8.43. The Labute approximate surface area is 165 Å². The summed E-state index contributed by atoms with van der Waals surface area (Å²) in [5.41, 5.74) is 0.521. The van der Waals surface area contributed by atoms with E-state index < -0.39 is 6.10 Å². The van der Waals surface area contributed by atoms with Gasteiger partial charge < -0.3 is 10.0 Å². The van der Waals surface area contributed by atoms with Gasteiger partial charge in [0, 0.05) is 30.3 Å². The molecule has 1 aromatic carbocycles. The monoisotopic (exact) mass is 385 g/mol. The van der Waals surface area contributed by atoms with Crippen LogP contribution in [0.25, 0.3) is 0 Å². The van der Waals surface area contributed by atoms with Crippen LogP contribution in [0.1, 0.15) is 51.0 Å². The lowest BCUT2D eigenvalue weighted by atomic mass is 9.38. The van der Waals surface area contributed by atoms with E-state index in [9.17, 15) is 19.1 Å². The average molecular weight is 385 g/mol. The Morgan fingerprint density at radius 1 is 1.11 bits per heavy atom. The Morgan fingerprint density at radius 3 is 2.25 bits per heavy atom. The molecule has 4 aliphatic carbocycles. The summed E-state index contributed by atoms with van der Waals surface area (Å²) in [5.74, 6) is 1.25. The molecule has 2 unspecified atom stereocenters. The van der Waals surface area contributed by atoms with Crippen molar-refractivity contribution in [2.45, 2.75) is 57.0 Å². The summed E-state index contributed by atoms with van der Waals surface area (Å²) in [7, 11) is 0. The fourth-order valence-corrected chi connectivity index (χ4v) is 7.17. The number of benzene rings is 1. The Bertz CT molecular complexity index is 798. The van der Waals surface area contributed by atoms with Gasteiger partial charge in [-0.15, -0.1) is 0 Å². The van der Waals surface area contributed by atoms with Gasteiger partial charge in [-0.2, -0.15) is 0 Å². The molecular weight excluding hydrogens is 357 g/mol. The smallest absolute Gasteiger partial charge is 0.223 e. The maximum Gasteiger partial charge on any atom is 0.223 e. The van der Waals surface area contributed by atoms with E-state index >= 15 is 0 Å². The number of aliphatic hydroxyl groups excluding tert-OH is 1. The molecule has 4 bridgehead atoms. The quantitative estimate of drug-likeness (QED) is 0.867. The summed E-state index contributed by atoms with van der Waals surface area (Å²) in [6.07, 6.45) is 4.80. The largest absolute Gasteiger partial charge is 0.389 e. The minimum Gasteiger partial charge on any atom is -0.389 e. The first kappa shape index (κ1) is 18.3. The van der Waals surface area contributed by atoms with Crippen LogP contribution in [0.4, 0.5) is 4.39 Å². The van der Waals surface area contributed by atoms with E-state index in [1.54, 1.807) is 11.8 Å². The zero-order valence-electron chi connectivity index (χ0n) is 16.4. The van der Waals surface area contributed by atoms with Crippen LogP contribution in [0, 0.1) is 29.0 Å². The second-order valence-corrected chi connectivity index (χ2v) is 9.86. The van der Waals surface area contributed by atoms with Crippen molar-refractivity contribution in [3.63, 3.8) is 0 Å². The van der Waals surface area contributed by atoms with Crippen molar-refractivity contribution in [3.8, 4) is 0 Å². The number of β-amino-alcohol motifs (C(OH)–C–C–N with tert-alkyl or cyclic N) is 1. The molecule has 1 heterocycles. The standard InChI is InChI=1S/C23H28FNO3/c1-14(26)22-8-15-6-17(9-22)23(18(7-15)10-22,16-2-4-19(24)5-3-16)11-21(28)25-12-20(27)13-25/h2-5,15,17-18,20,27H,6-13H2,1H3/t15?,17?,18?,22-,23-. The fraction of sp³-hybridized carbons (Fsp3) is 0.652. The molecule has 0 aromatic heterocycles. The predicted molar refractivity (Wildman–Crippen MR) is 102 cm³/mol. The first-order chi connectivity index (χ1) is 13.3. The zero-order valence-corrected chi connectivity index (χ0v) is 16.4. The second kappa shape index (κ2) is 6.12. The molecule has 0 radical (unpaired) electrons. The molecule has 5 fully saturated rings. The third kappa shape index (κ3) is 2.51. The van der Waals surface area contributed by atoms with Gasteiger partial charge in [0.25, 0.3) is 0 Å². The molecule has 1 aromatic rings. The van der Waals surface area contributed by atoms with Gasteiger partial charge in [-0.3, -0.25) is 9.59 Å². The number of rotatable bonds is 4. The first-order valence-electron chi connectivity index (χ1n) is 10.6. The summed E-state index contributed by atoms with van der Waals surface area (Å²) in [4.78, 5) is 27.4. The zero-order chi connectivity index (χ0) is 19.7. The topological polar surface area (TPSA) is 57.6 Å². The maximum absolute atomic E-state index is 13.7. The van der Waals surface area contributed by atoms with Gasteiger partial charge in [0.2, 0.25) is 5.91 Å². The van der Waals surface area contributed by atoms with Gasteiger partial charge in [-0.05, 0) is 74.5 Å². The SMILES string of the molecule is CC(=O)[C@]12CC3CC(C1)[C@@](CC(=O)N1CC(O)C1)(c1ccc(F)cc1)C(C3)C2. The summed E-state index contributed by atoms with van der Waals surface area (Å²) >= 11 is 0. The van der Waals surface area contributed by atoms with Crippen molar-refractivity contribution in [2.75, 3.05) is 13.1 Å². The number of Topliss-reactive ketones (excluding diaryl/α,β-unsaturated/α-hetero) is 1. The minimum absolute atomic E-state index is 0.0824. The molecule has 4 nitrogen and oxygen atoms in total. The minimum atomic E-state index is -0.412. The summed E-state index contributed by atoms with van der Waals surface area (Å²) in [6, 6.07) is 6.72. The van der Waals surface area contributed by atoms with Crippen molar-refractivity contribution >= 4 is 11.7 Å². The Hall–Kier alpha value is -1.75. The molecule has 5 aliphatic rings. The van der Waals surface area contributed by atoms with Gasteiger partial charge in [0.05, 0.1) is 6.10 Å². The van der Waals surface area contributed by atoms with Crippen LogP contribution in [0.2, 0.25) is 0 Å². The number of hydrogen-bond acceptors (Lipinski definition) is 3. The van der Waals surface area contributed by atoms with Crippen LogP contribution < -0.4 is 0 Å². The van der Waals surface area contributed by atoms with E-state index in [1.165, 1.54) is 12.1 Å². The van der Waals surface area contributed by atoms with Crippen molar-refractivity contribution in [3.05, 3.63) is 35.6 Å². The maximum atomic E-state index is 13.7. The lowest BCUT2D eigenvalue weighted by molar-refractivity contribution is -0.161. The highest BCUT2D eigenvalue weighted by molar-refractivity contribution is 5.83. The Morgan fingerprint density at radius 2 is 1.71 bits per heavy atom. The fourth-order valence-electron chi connectivity index (χ4n) is 7.17. The predicted octanol–water partition coefficient (Wildman–Crippen LogP) is 3.07. The molecule has 1 N–H and O–H groups in total. The van der Waals surface area contributed by atoms with Crippen LogP contribution in [-0.2, 0) is 15.0 Å². The van der Waals surface area contributed by atoms with Crippen molar-refractivity contribution in [2.24, 2.45) is 23.2 Å². The van der Waals surface area contributed by atoms with Crippen LogP contribution >= 0.6 is 0 Å². The normalized spacial score (nSPS) is 39.1. The molecule has 28 heavy (non-hydrogen) atoms. The van der Waals surface area contributed by atoms with Crippen molar-refractivity contribution < 1.29 is 19.1 Å². The van der Waals surface area contributed by atoms with Crippen LogP contribution in [0.5, 0.6) is 0 Å². The number of ketones is 1. The first-order valence-corrected chi connectivity index (χ1v) is 10.6. The molecule has 5 heteroatoms. The summed E-state index contributed by atoms with van der Waals surface area (Å²) < 4.78 is 13.7. The highest BCUT2D eigenvalue weighted by Crippen LogP contribution is 2.68. The van der Waals surface area contributed by atoms with E-state index in [-0.39, 0.29) is 34.4 Å². The average Bonchev–Trinajstić information content (AvgIpc) is 2.62. The Balaban J connectivity index is 1.55. The Kier molecular flexibility index (Phi) is 4.00. The van der Waals surface area contributed by atoms with Crippen molar-refractivity contribution in [1.82, 2.24) is 4.90 Å². The molecule has 1 aliphatic heterocycles. The van der Waals surface area contributed by atoms with Gasteiger partial charge >= 0.3 is 0 Å². The summed E-state index contributed by atoms with van der Waals surface area (Å²) in [5, 5.41) is 9.61. The molecule has 4 saturated carbocycles. The molecule has 1 amide bonds. The van der Waals surface area contributed by atoms with Gasteiger partial charge in [-0.25, -0.2) is 4.39 Å². The number of amides is 1. The van der Waals surface area contributed by atoms with E-state index in [2.05, 4.69) is 0 Å². The van der Waals surface area contributed by atoms with E-state index in [0.717, 1.165) is 37.7 Å². The number of carbonyl (C=O) groups excluding carboxylic acids is 2. The summed E-state index contributed by atoms with van der Waals surface area (Å²) in [6.45, 7) is 2.56. The number of aliphatic hydroxyl groups is 1. The third-order valence-electron chi connectivity index (χ3n) is 8.43. The van der Waals surface area contributed by atoms with Crippen LogP contribution in [0.15, 0.2) is 24.3 Å². The lowest BCUT2D eigenvalue weighted by Crippen LogP contribution is -2.63. The lowest BCUT2D eigenvalue weighted by Gasteiger charge is -2.65. The van der Waals surface area contributed by atoms with Crippen LogP contribution in [0.3, 0.4) is 0 Å². The molecular formula is C23H28FNO3. The number of hydrogen-bond donors (Lipinski definition) is 1. The van der Waals surface area contributed by atoms with Crippen LogP contribution in [-0.4, -0.2) is 40.9 Å². The van der Waals surface area contributed by atoms with E-state index in [1.807, 2.05) is 12.1 Å². The molecule has 1 saturated heterocycles. The van der Waals surface area contributed by atoms with Gasteiger partial charge in [0.15, 0.2) is 0 Å². The number of halogens is 1. The highest BCUT2D eigenvalue weighted by atomic mass is 19.1. The highest BCUT2D eigenvalue weighted by Gasteiger charge is 2.64. The molecule has 6 rings (SSSR count). The number of likely N-dealkylation sites (tertiary alicyclic amines) is 1. The second-order valence-electron chi connectivity index (χ2n) is 9.86. The van der Waals surface area contributed by atoms with E-state index in [0.29, 0.717) is 31.2 Å². The molecule has 0 spiro atoms. The van der Waals surface area contributed by atoms with Crippen molar-refractivity contribution in [1.29, 1.82) is 0 Å². The number of carbonyl (C=O) groups is 2.